The van der Waals surface area contributed by atoms with Crippen LogP contribution in [0.5, 0.6) is 5.75 Å². The molecule has 0 radical (unpaired) electrons. The number of ether oxygens (including phenoxy) is 2. The summed E-state index contributed by atoms with van der Waals surface area (Å²) in [4.78, 5) is 12.4. The van der Waals surface area contributed by atoms with Crippen LogP contribution in [0.15, 0.2) is 41.3 Å². The van der Waals surface area contributed by atoms with Gasteiger partial charge in [0.2, 0.25) is 0 Å². The fourth-order valence-electron chi connectivity index (χ4n) is 2.26. The number of carbonyl (C=O) groups excluding carboxylic acids is 1. The fraction of sp³-hybridized carbons (Fsp3) is 0.278. The molecule has 0 fully saturated rings. The Kier molecular flexibility index (Phi) is 6.42. The highest BCUT2D eigenvalue weighted by Crippen LogP contribution is 2.29. The van der Waals surface area contributed by atoms with Gasteiger partial charge in [-0.15, -0.1) is 0 Å². The molecule has 0 N–H and O–H groups in total. The van der Waals surface area contributed by atoms with E-state index in [0.717, 1.165) is 39.1 Å². The maximum Gasteiger partial charge on any atom is 0.371 e. The molecule has 2 aromatic rings. The fourth-order valence-corrected chi connectivity index (χ4v) is 3.28. The Bertz CT molecular complexity index is 699. The van der Waals surface area contributed by atoms with Crippen molar-refractivity contribution in [3.05, 3.63) is 58.7 Å². The Balaban J connectivity index is 2.24. The maximum atomic E-state index is 11.6. The molecule has 0 aliphatic heterocycles. The molecule has 0 aliphatic rings. The molecule has 0 spiro atoms. The van der Waals surface area contributed by atoms with Crippen LogP contribution in [0, 0.1) is 13.8 Å². The second kappa shape index (κ2) is 8.31. The number of benzene rings is 2. The largest absolute Gasteiger partial charge is 0.489 e. The third kappa shape index (κ3) is 4.69. The summed E-state index contributed by atoms with van der Waals surface area (Å²) in [6.45, 7) is 4.47. The van der Waals surface area contributed by atoms with Crippen LogP contribution < -0.4 is 4.74 Å². The van der Waals surface area contributed by atoms with E-state index in [4.69, 9.17) is 9.47 Å². The summed E-state index contributed by atoms with van der Waals surface area (Å²) in [5.74, 6) is 1.43. The lowest BCUT2D eigenvalue weighted by Crippen LogP contribution is -2.04. The number of hydrogen-bond acceptors (Lipinski definition) is 5. The summed E-state index contributed by atoms with van der Waals surface area (Å²) in [6.07, 6.45) is 0. The van der Waals surface area contributed by atoms with E-state index in [2.05, 4.69) is 25.6 Å². The number of thioether (sulfide) groups is 1. The van der Waals surface area contributed by atoms with Crippen molar-refractivity contribution in [2.24, 2.45) is 0 Å². The van der Waals surface area contributed by atoms with Gasteiger partial charge in [0.25, 0.3) is 0 Å². The zero-order chi connectivity index (χ0) is 16.8. The number of aryl methyl sites for hydroxylation is 2. The molecule has 0 atom stereocenters. The van der Waals surface area contributed by atoms with E-state index >= 15 is 0 Å². The van der Waals surface area contributed by atoms with Gasteiger partial charge in [0, 0.05) is 16.2 Å². The average molecular weight is 348 g/mol. The lowest BCUT2D eigenvalue weighted by molar-refractivity contribution is 0.200. The van der Waals surface area contributed by atoms with Gasteiger partial charge in [-0.2, -0.15) is 12.6 Å². The molecule has 3 nitrogen and oxygen atoms in total. The molecular formula is C18H20O3S2. The zero-order valence-corrected chi connectivity index (χ0v) is 15.2. The van der Waals surface area contributed by atoms with Crippen LogP contribution in [0.3, 0.4) is 0 Å². The van der Waals surface area contributed by atoms with Crippen molar-refractivity contribution in [3.8, 4) is 5.75 Å². The van der Waals surface area contributed by atoms with Gasteiger partial charge in [0.05, 0.1) is 7.11 Å². The van der Waals surface area contributed by atoms with E-state index in [-0.39, 0.29) is 5.30 Å². The minimum atomic E-state index is -0.339. The molecule has 0 unspecified atom stereocenters. The van der Waals surface area contributed by atoms with Crippen LogP contribution in [0.1, 0.15) is 22.3 Å². The van der Waals surface area contributed by atoms with E-state index in [0.29, 0.717) is 12.4 Å². The van der Waals surface area contributed by atoms with Crippen LogP contribution in [-0.4, -0.2) is 12.4 Å². The molecule has 2 aromatic carbocycles. The molecule has 0 saturated heterocycles. The summed E-state index contributed by atoms with van der Waals surface area (Å²) in [5.41, 5.74) is 4.31. The van der Waals surface area contributed by atoms with Crippen LogP contribution >= 0.6 is 24.4 Å². The highest BCUT2D eigenvalue weighted by atomic mass is 32.2. The summed E-state index contributed by atoms with van der Waals surface area (Å²) in [6, 6.07) is 11.9. The Morgan fingerprint density at radius 3 is 2.65 bits per heavy atom. The van der Waals surface area contributed by atoms with Crippen LogP contribution in [-0.2, 0) is 17.1 Å². The first-order chi connectivity index (χ1) is 11.0. The predicted octanol–water partition coefficient (Wildman–Crippen LogP) is 5.17. The van der Waals surface area contributed by atoms with Gasteiger partial charge in [0.1, 0.15) is 12.4 Å². The van der Waals surface area contributed by atoms with Crippen molar-refractivity contribution in [1.82, 2.24) is 0 Å². The Morgan fingerprint density at radius 1 is 1.22 bits per heavy atom. The maximum absolute atomic E-state index is 11.6. The number of rotatable bonds is 5. The van der Waals surface area contributed by atoms with E-state index in [1.54, 1.807) is 0 Å². The predicted molar refractivity (Wildman–Crippen MR) is 97.6 cm³/mol. The zero-order valence-electron chi connectivity index (χ0n) is 13.5. The van der Waals surface area contributed by atoms with Crippen LogP contribution in [0.25, 0.3) is 0 Å². The van der Waals surface area contributed by atoms with Gasteiger partial charge >= 0.3 is 5.30 Å². The quantitative estimate of drug-likeness (QED) is 0.459. The van der Waals surface area contributed by atoms with Gasteiger partial charge in [-0.05, 0) is 48.9 Å². The molecule has 5 heteroatoms. The summed E-state index contributed by atoms with van der Waals surface area (Å²) in [5, 5.41) is -0.339. The van der Waals surface area contributed by atoms with E-state index in [1.165, 1.54) is 12.7 Å². The lowest BCUT2D eigenvalue weighted by atomic mass is 10.1. The van der Waals surface area contributed by atoms with Crippen molar-refractivity contribution in [3.63, 3.8) is 0 Å². The van der Waals surface area contributed by atoms with Gasteiger partial charge in [-0.25, -0.2) is 4.79 Å². The molecule has 0 amide bonds. The molecule has 23 heavy (non-hydrogen) atoms. The number of carbonyl (C=O) groups is 1. The second-order valence-electron chi connectivity index (χ2n) is 5.17. The molecular weight excluding hydrogens is 328 g/mol. The Hall–Kier alpha value is -1.59. The minimum absolute atomic E-state index is 0.339. The van der Waals surface area contributed by atoms with E-state index < -0.39 is 0 Å². The second-order valence-corrected chi connectivity index (χ2v) is 6.46. The third-order valence-corrected chi connectivity index (χ3v) is 4.74. The molecule has 0 aromatic heterocycles. The number of hydrogen-bond donors (Lipinski definition) is 1. The Labute approximate surface area is 146 Å². The van der Waals surface area contributed by atoms with Gasteiger partial charge in [0.15, 0.2) is 0 Å². The smallest absolute Gasteiger partial charge is 0.371 e. The molecule has 0 heterocycles. The van der Waals surface area contributed by atoms with E-state index in [1.807, 2.05) is 37.3 Å². The monoisotopic (exact) mass is 348 g/mol. The summed E-state index contributed by atoms with van der Waals surface area (Å²) < 4.78 is 10.7. The van der Waals surface area contributed by atoms with Crippen molar-refractivity contribution in [2.45, 2.75) is 31.1 Å². The van der Waals surface area contributed by atoms with Crippen molar-refractivity contribution < 1.29 is 14.3 Å². The summed E-state index contributed by atoms with van der Waals surface area (Å²) in [7, 11) is 1.38. The first-order valence-electron chi connectivity index (χ1n) is 7.22. The van der Waals surface area contributed by atoms with Crippen molar-refractivity contribution in [2.75, 3.05) is 7.11 Å². The topological polar surface area (TPSA) is 35.5 Å². The molecule has 0 bridgehead atoms. The number of thiol groups is 1. The normalized spacial score (nSPS) is 10.4. The third-order valence-electron chi connectivity index (χ3n) is 3.46. The highest BCUT2D eigenvalue weighted by Gasteiger charge is 2.13. The van der Waals surface area contributed by atoms with Crippen molar-refractivity contribution in [1.29, 1.82) is 0 Å². The van der Waals surface area contributed by atoms with Crippen molar-refractivity contribution >= 4 is 29.7 Å². The number of methoxy groups -OCH3 is 1. The van der Waals surface area contributed by atoms with Gasteiger partial charge in [-0.3, -0.25) is 0 Å². The van der Waals surface area contributed by atoms with Crippen LogP contribution in [0.2, 0.25) is 0 Å². The molecule has 0 saturated carbocycles. The molecule has 122 valence electrons. The van der Waals surface area contributed by atoms with Gasteiger partial charge < -0.3 is 9.47 Å². The van der Waals surface area contributed by atoms with Crippen LogP contribution in [0.4, 0.5) is 4.79 Å². The average Bonchev–Trinajstić information content (AvgIpc) is 2.54. The molecule has 0 aliphatic carbocycles. The van der Waals surface area contributed by atoms with E-state index in [9.17, 15) is 4.79 Å². The Morgan fingerprint density at radius 2 is 2.00 bits per heavy atom. The summed E-state index contributed by atoms with van der Waals surface area (Å²) >= 11 is 5.44. The highest BCUT2D eigenvalue weighted by molar-refractivity contribution is 8.13. The first-order valence-corrected chi connectivity index (χ1v) is 8.67. The molecule has 2 rings (SSSR count). The van der Waals surface area contributed by atoms with Gasteiger partial charge in [-0.1, -0.05) is 29.8 Å². The standard InChI is InChI=1S/C18H20O3S2/c1-12-7-8-16(13(2)9-12)21-10-15-14(11-22)5-4-6-17(15)23-18(19)20-3/h4-9,22H,10-11H2,1-3H3. The first kappa shape index (κ1) is 17.8. The lowest BCUT2D eigenvalue weighted by Gasteiger charge is -2.15. The SMILES string of the molecule is COC(=O)Sc1cccc(CS)c1COc1ccc(C)cc1C. The minimum Gasteiger partial charge on any atom is -0.489 e.